The highest BCUT2D eigenvalue weighted by Crippen LogP contribution is 2.21. The van der Waals surface area contributed by atoms with Crippen molar-refractivity contribution in [2.24, 2.45) is 5.10 Å². The standard InChI is InChI=1S/C31H32N4O/c1-22-8-14-30(15-9-22)35-23(2)18-29(24(35)3)19-32-33-31(36)27-12-10-25(11-13-27)20-34-17-16-26-6-4-5-7-28(26)21-34/h4-15,18-19H,16-17,20-21H2,1-3H3,(H,33,36). The van der Waals surface area contributed by atoms with Crippen molar-refractivity contribution in [3.63, 3.8) is 0 Å². The number of hydrogen-bond acceptors (Lipinski definition) is 3. The summed E-state index contributed by atoms with van der Waals surface area (Å²) in [6.45, 7) is 9.13. The van der Waals surface area contributed by atoms with Crippen LogP contribution >= 0.6 is 0 Å². The highest BCUT2D eigenvalue weighted by Gasteiger charge is 2.16. The van der Waals surface area contributed by atoms with Crippen LogP contribution in [0.1, 0.15) is 49.6 Å². The Bertz CT molecular complexity index is 1400. The molecule has 36 heavy (non-hydrogen) atoms. The lowest BCUT2D eigenvalue weighted by Crippen LogP contribution is -2.30. The van der Waals surface area contributed by atoms with Crippen LogP contribution in [0.5, 0.6) is 0 Å². The molecule has 1 aromatic heterocycles. The summed E-state index contributed by atoms with van der Waals surface area (Å²) in [5.41, 5.74) is 12.9. The lowest BCUT2D eigenvalue weighted by molar-refractivity contribution is 0.0955. The number of hydrogen-bond donors (Lipinski definition) is 1. The third kappa shape index (κ3) is 5.16. The zero-order valence-electron chi connectivity index (χ0n) is 21.2. The fourth-order valence-corrected chi connectivity index (χ4v) is 4.94. The first-order valence-electron chi connectivity index (χ1n) is 12.5. The quantitative estimate of drug-likeness (QED) is 0.286. The number of nitrogens with zero attached hydrogens (tertiary/aromatic N) is 3. The van der Waals surface area contributed by atoms with Crippen LogP contribution in [0.25, 0.3) is 5.69 Å². The van der Waals surface area contributed by atoms with Crippen LogP contribution in [0.3, 0.4) is 0 Å². The second-order valence-electron chi connectivity index (χ2n) is 9.62. The van der Waals surface area contributed by atoms with Gasteiger partial charge in [0.05, 0.1) is 6.21 Å². The van der Waals surface area contributed by atoms with Crippen molar-refractivity contribution in [3.8, 4) is 5.69 Å². The van der Waals surface area contributed by atoms with Crippen molar-refractivity contribution in [1.29, 1.82) is 0 Å². The molecule has 0 saturated carbocycles. The average Bonchev–Trinajstić information content (AvgIpc) is 3.17. The van der Waals surface area contributed by atoms with E-state index in [9.17, 15) is 4.79 Å². The first-order valence-corrected chi connectivity index (χ1v) is 12.5. The topological polar surface area (TPSA) is 49.6 Å². The Morgan fingerprint density at radius 2 is 1.67 bits per heavy atom. The van der Waals surface area contributed by atoms with Crippen LogP contribution in [-0.2, 0) is 19.5 Å². The maximum absolute atomic E-state index is 12.6. The van der Waals surface area contributed by atoms with Gasteiger partial charge in [-0.25, -0.2) is 5.43 Å². The Labute approximate surface area is 213 Å². The van der Waals surface area contributed by atoms with Gasteiger partial charge in [-0.15, -0.1) is 0 Å². The van der Waals surface area contributed by atoms with Gasteiger partial charge in [0, 0.05) is 47.8 Å². The first kappa shape index (κ1) is 23.8. The summed E-state index contributed by atoms with van der Waals surface area (Å²) >= 11 is 0. The van der Waals surface area contributed by atoms with Crippen LogP contribution in [0.15, 0.2) is 84.0 Å². The van der Waals surface area contributed by atoms with Gasteiger partial charge >= 0.3 is 0 Å². The van der Waals surface area contributed by atoms with Crippen LogP contribution < -0.4 is 5.43 Å². The second kappa shape index (κ2) is 10.3. The van der Waals surface area contributed by atoms with Crippen molar-refractivity contribution in [2.45, 2.75) is 40.3 Å². The molecule has 0 radical (unpaired) electrons. The van der Waals surface area contributed by atoms with Gasteiger partial charge in [0.2, 0.25) is 0 Å². The van der Waals surface area contributed by atoms with Gasteiger partial charge < -0.3 is 4.57 Å². The van der Waals surface area contributed by atoms with Crippen LogP contribution in [0, 0.1) is 20.8 Å². The number of benzene rings is 3. The minimum atomic E-state index is -0.211. The molecule has 1 aliphatic heterocycles. The molecule has 0 spiro atoms. The maximum atomic E-state index is 12.6. The van der Waals surface area contributed by atoms with Crippen LogP contribution in [-0.4, -0.2) is 28.1 Å². The van der Waals surface area contributed by atoms with Gasteiger partial charge in [-0.1, -0.05) is 54.1 Å². The number of rotatable bonds is 6. The number of fused-ring (bicyclic) bond motifs is 1. The molecule has 5 rings (SSSR count). The molecule has 0 saturated heterocycles. The van der Waals surface area contributed by atoms with E-state index in [-0.39, 0.29) is 5.91 Å². The summed E-state index contributed by atoms with van der Waals surface area (Å²) in [5, 5.41) is 4.23. The van der Waals surface area contributed by atoms with Gasteiger partial charge in [-0.3, -0.25) is 9.69 Å². The zero-order valence-corrected chi connectivity index (χ0v) is 21.2. The van der Waals surface area contributed by atoms with E-state index in [1.807, 2.05) is 24.3 Å². The van der Waals surface area contributed by atoms with E-state index in [0.29, 0.717) is 5.56 Å². The Morgan fingerprint density at radius 3 is 2.42 bits per heavy atom. The Kier molecular flexibility index (Phi) is 6.83. The number of aromatic nitrogens is 1. The molecule has 4 aromatic rings. The molecule has 5 nitrogen and oxygen atoms in total. The van der Waals surface area contributed by atoms with Crippen molar-refractivity contribution in [2.75, 3.05) is 6.54 Å². The summed E-state index contributed by atoms with van der Waals surface area (Å²) in [7, 11) is 0. The van der Waals surface area contributed by atoms with Gasteiger partial charge in [-0.05, 0) is 74.2 Å². The molecule has 0 fully saturated rings. The third-order valence-electron chi connectivity index (χ3n) is 6.96. The minimum absolute atomic E-state index is 0.211. The molecule has 182 valence electrons. The van der Waals surface area contributed by atoms with Gasteiger partial charge in [0.15, 0.2) is 0 Å². The van der Waals surface area contributed by atoms with Crippen LogP contribution in [0.4, 0.5) is 0 Å². The fourth-order valence-electron chi connectivity index (χ4n) is 4.94. The lowest BCUT2D eigenvalue weighted by atomic mass is 9.99. The van der Waals surface area contributed by atoms with Gasteiger partial charge in [0.1, 0.15) is 0 Å². The molecule has 0 atom stereocenters. The predicted octanol–water partition coefficient (Wildman–Crippen LogP) is 5.72. The molecule has 0 aliphatic carbocycles. The van der Waals surface area contributed by atoms with Crippen molar-refractivity contribution in [1.82, 2.24) is 14.9 Å². The Balaban J connectivity index is 1.19. The summed E-state index contributed by atoms with van der Waals surface area (Å²) < 4.78 is 2.20. The average molecular weight is 477 g/mol. The maximum Gasteiger partial charge on any atom is 0.271 e. The monoisotopic (exact) mass is 476 g/mol. The Morgan fingerprint density at radius 1 is 0.944 bits per heavy atom. The van der Waals surface area contributed by atoms with E-state index < -0.39 is 0 Å². The SMILES string of the molecule is Cc1ccc(-n2c(C)cc(C=NNC(=O)c3ccc(CN4CCc5ccccc5C4)cc3)c2C)cc1. The fraction of sp³-hybridized carbons (Fsp3) is 0.226. The second-order valence-corrected chi connectivity index (χ2v) is 9.62. The van der Waals surface area contributed by atoms with E-state index in [4.69, 9.17) is 0 Å². The predicted molar refractivity (Wildman–Crippen MR) is 146 cm³/mol. The summed E-state index contributed by atoms with van der Waals surface area (Å²) in [5.74, 6) is -0.211. The third-order valence-corrected chi connectivity index (χ3v) is 6.96. The molecule has 1 aliphatic rings. The van der Waals surface area contributed by atoms with Crippen LogP contribution in [0.2, 0.25) is 0 Å². The smallest absolute Gasteiger partial charge is 0.271 e. The van der Waals surface area contributed by atoms with Gasteiger partial charge in [0.25, 0.3) is 5.91 Å². The highest BCUT2D eigenvalue weighted by molar-refractivity contribution is 5.95. The van der Waals surface area contributed by atoms with Crippen molar-refractivity contribution >= 4 is 12.1 Å². The lowest BCUT2D eigenvalue weighted by Gasteiger charge is -2.28. The van der Waals surface area contributed by atoms with E-state index in [1.165, 1.54) is 22.3 Å². The normalized spacial score (nSPS) is 13.6. The van der Waals surface area contributed by atoms with E-state index in [1.54, 1.807) is 6.21 Å². The summed E-state index contributed by atoms with van der Waals surface area (Å²) in [6.07, 6.45) is 2.80. The van der Waals surface area contributed by atoms with E-state index >= 15 is 0 Å². The number of amides is 1. The minimum Gasteiger partial charge on any atom is -0.318 e. The van der Waals surface area contributed by atoms with E-state index in [2.05, 4.69) is 95.4 Å². The van der Waals surface area contributed by atoms with Crippen molar-refractivity contribution in [3.05, 3.63) is 124 Å². The number of aryl methyl sites for hydroxylation is 2. The largest absolute Gasteiger partial charge is 0.318 e. The number of nitrogens with one attached hydrogen (secondary N) is 1. The number of hydrazone groups is 1. The Hall–Kier alpha value is -3.96. The zero-order chi connectivity index (χ0) is 25.1. The summed E-state index contributed by atoms with van der Waals surface area (Å²) in [6, 6.07) is 27.0. The molecule has 1 N–H and O–H groups in total. The highest BCUT2D eigenvalue weighted by atomic mass is 16.2. The van der Waals surface area contributed by atoms with Gasteiger partial charge in [-0.2, -0.15) is 5.10 Å². The number of carbonyl (C=O) groups excluding carboxylic acids is 1. The summed E-state index contributed by atoms with van der Waals surface area (Å²) in [4.78, 5) is 15.1. The molecule has 5 heteroatoms. The molecule has 1 amide bonds. The first-order chi connectivity index (χ1) is 17.5. The molecule has 3 aromatic carbocycles. The van der Waals surface area contributed by atoms with Crippen molar-refractivity contribution < 1.29 is 4.79 Å². The number of carbonyl (C=O) groups is 1. The van der Waals surface area contributed by atoms with E-state index in [0.717, 1.165) is 48.7 Å². The molecule has 0 bridgehead atoms. The molecular weight excluding hydrogens is 444 g/mol. The molecule has 2 heterocycles. The molecular formula is C31H32N4O. The molecule has 0 unspecified atom stereocenters.